The molecule has 1 aromatic heterocycles. The summed E-state index contributed by atoms with van der Waals surface area (Å²) in [7, 11) is -3.95. The molecule has 6 nitrogen and oxygen atoms in total. The van der Waals surface area contributed by atoms with E-state index in [9.17, 15) is 13.2 Å². The maximum atomic E-state index is 12.0. The van der Waals surface area contributed by atoms with Crippen LogP contribution in [0.4, 0.5) is 0 Å². The number of imidazole rings is 1. The smallest absolute Gasteiger partial charge is 0.239 e. The Morgan fingerprint density at radius 2 is 2.16 bits per heavy atom. The number of hydrogen-bond donors (Lipinski definition) is 1. The molecule has 2 rings (SSSR count). The van der Waals surface area contributed by atoms with Crippen LogP contribution in [-0.4, -0.2) is 23.8 Å². The van der Waals surface area contributed by atoms with Gasteiger partial charge in [0, 0.05) is 18.0 Å². The number of aromatic nitrogens is 2. The maximum Gasteiger partial charge on any atom is 0.239 e. The number of nitrogens with two attached hydrogens (primary N) is 1. The van der Waals surface area contributed by atoms with E-state index in [0.717, 1.165) is 0 Å². The fourth-order valence-corrected chi connectivity index (χ4v) is 2.60. The zero-order chi connectivity index (χ0) is 14.0. The second-order valence-electron chi connectivity index (χ2n) is 3.85. The molecule has 0 spiro atoms. The van der Waals surface area contributed by atoms with Crippen molar-refractivity contribution in [2.45, 2.75) is 11.4 Å². The Morgan fingerprint density at radius 3 is 2.74 bits per heavy atom. The van der Waals surface area contributed by atoms with Crippen LogP contribution in [-0.2, 0) is 16.6 Å². The van der Waals surface area contributed by atoms with Crippen LogP contribution in [0.25, 0.3) is 0 Å². The summed E-state index contributed by atoms with van der Waals surface area (Å²) in [5.41, 5.74) is 0.224. The highest BCUT2D eigenvalue weighted by Crippen LogP contribution is 2.21. The van der Waals surface area contributed by atoms with Crippen LogP contribution in [0.2, 0.25) is 5.02 Å². The third-order valence-electron chi connectivity index (χ3n) is 2.45. The molecule has 0 aliphatic carbocycles. The van der Waals surface area contributed by atoms with Gasteiger partial charge in [0.05, 0.1) is 17.9 Å². The highest BCUT2D eigenvalue weighted by molar-refractivity contribution is 7.89. The molecule has 0 saturated carbocycles. The van der Waals surface area contributed by atoms with Crippen molar-refractivity contribution in [1.29, 1.82) is 0 Å². The van der Waals surface area contributed by atoms with E-state index in [1.54, 1.807) is 17.0 Å². The topological polar surface area (TPSA) is 95.0 Å². The highest BCUT2D eigenvalue weighted by Gasteiger charge is 2.16. The van der Waals surface area contributed by atoms with Gasteiger partial charge >= 0.3 is 0 Å². The lowest BCUT2D eigenvalue weighted by atomic mass is 10.1. The fraction of sp³-hybridized carbons (Fsp3) is 0.0909. The summed E-state index contributed by atoms with van der Waals surface area (Å²) >= 11 is 5.74. The molecular weight excluding hydrogens is 290 g/mol. The summed E-state index contributed by atoms with van der Waals surface area (Å²) in [5.74, 6) is -0.264. The van der Waals surface area contributed by atoms with Crippen molar-refractivity contribution in [3.05, 3.63) is 47.5 Å². The van der Waals surface area contributed by atoms with Crippen molar-refractivity contribution >= 4 is 27.4 Å². The number of carbonyl (C=O) groups is 1. The molecule has 0 amide bonds. The number of primary sulfonamides is 1. The average molecular weight is 300 g/mol. The zero-order valence-electron chi connectivity index (χ0n) is 9.65. The standard InChI is InChI=1S/C11H10ClN3O3S/c12-9-2-1-8(5-11(9)19(13,17)18)10(16)6-15-4-3-14-7-15/h1-5,7H,6H2,(H2,13,17,18). The summed E-state index contributed by atoms with van der Waals surface area (Å²) in [6.45, 7) is 0.0612. The Bertz CT molecular complexity index is 711. The lowest BCUT2D eigenvalue weighted by molar-refractivity contribution is 0.0972. The first-order chi connectivity index (χ1) is 8.88. The molecule has 0 unspecified atom stereocenters. The third kappa shape index (κ3) is 3.19. The van der Waals surface area contributed by atoms with Gasteiger partial charge in [-0.15, -0.1) is 0 Å². The lowest BCUT2D eigenvalue weighted by Crippen LogP contribution is -2.15. The first-order valence-electron chi connectivity index (χ1n) is 5.19. The molecule has 0 radical (unpaired) electrons. The van der Waals surface area contributed by atoms with Gasteiger partial charge in [0.1, 0.15) is 4.90 Å². The van der Waals surface area contributed by atoms with Crippen molar-refractivity contribution in [2.75, 3.05) is 0 Å². The van der Waals surface area contributed by atoms with Gasteiger partial charge in [-0.05, 0) is 18.2 Å². The summed E-state index contributed by atoms with van der Waals surface area (Å²) in [4.78, 5) is 15.5. The number of nitrogens with zero attached hydrogens (tertiary/aromatic N) is 2. The van der Waals surface area contributed by atoms with Crippen LogP contribution in [0.15, 0.2) is 41.8 Å². The van der Waals surface area contributed by atoms with E-state index in [0.29, 0.717) is 0 Å². The lowest BCUT2D eigenvalue weighted by Gasteiger charge is -2.06. The number of halogens is 1. The van der Waals surface area contributed by atoms with Gasteiger partial charge in [0.25, 0.3) is 0 Å². The maximum absolute atomic E-state index is 12.0. The number of benzene rings is 1. The molecule has 8 heteroatoms. The minimum absolute atomic E-state index is 0.0123. The number of sulfonamides is 1. The number of carbonyl (C=O) groups excluding carboxylic acids is 1. The van der Waals surface area contributed by atoms with Gasteiger partial charge in [-0.25, -0.2) is 18.5 Å². The second kappa shape index (κ2) is 5.12. The summed E-state index contributed by atoms with van der Waals surface area (Å²) in [6, 6.07) is 3.97. The van der Waals surface area contributed by atoms with Gasteiger partial charge in [-0.2, -0.15) is 0 Å². The molecule has 1 heterocycles. The highest BCUT2D eigenvalue weighted by atomic mass is 35.5. The van der Waals surface area contributed by atoms with E-state index in [2.05, 4.69) is 4.98 Å². The predicted octanol–water partition coefficient (Wildman–Crippen LogP) is 1.07. The van der Waals surface area contributed by atoms with Crippen LogP contribution in [0.1, 0.15) is 10.4 Å². The minimum Gasteiger partial charge on any atom is -0.330 e. The molecule has 0 saturated heterocycles. The van der Waals surface area contributed by atoms with Crippen LogP contribution in [0.5, 0.6) is 0 Å². The molecule has 0 atom stereocenters. The number of hydrogen-bond acceptors (Lipinski definition) is 4. The summed E-state index contributed by atoms with van der Waals surface area (Å²) < 4.78 is 24.2. The molecule has 19 heavy (non-hydrogen) atoms. The van der Waals surface area contributed by atoms with Gasteiger partial charge < -0.3 is 4.57 Å². The Hall–Kier alpha value is -1.70. The van der Waals surface area contributed by atoms with Gasteiger partial charge in [0.15, 0.2) is 5.78 Å². The van der Waals surface area contributed by atoms with Crippen molar-refractivity contribution in [2.24, 2.45) is 5.14 Å². The fourth-order valence-electron chi connectivity index (χ4n) is 1.53. The first kappa shape index (κ1) is 13.7. The monoisotopic (exact) mass is 299 g/mol. The molecule has 0 bridgehead atoms. The molecular formula is C11H10ClN3O3S. The Labute approximate surface area is 114 Å². The SMILES string of the molecule is NS(=O)(=O)c1cc(C(=O)Cn2ccnc2)ccc1Cl. The van der Waals surface area contributed by atoms with E-state index in [1.165, 1.54) is 24.5 Å². The average Bonchev–Trinajstić information content (AvgIpc) is 2.80. The molecule has 0 aliphatic rings. The molecule has 2 aromatic rings. The van der Waals surface area contributed by atoms with E-state index in [-0.39, 0.29) is 27.8 Å². The largest absolute Gasteiger partial charge is 0.330 e. The van der Waals surface area contributed by atoms with E-state index in [4.69, 9.17) is 16.7 Å². The number of rotatable bonds is 4. The molecule has 0 fully saturated rings. The van der Waals surface area contributed by atoms with E-state index in [1.807, 2.05) is 0 Å². The van der Waals surface area contributed by atoms with Crippen molar-refractivity contribution in [1.82, 2.24) is 9.55 Å². The second-order valence-corrected chi connectivity index (χ2v) is 5.79. The van der Waals surface area contributed by atoms with Crippen molar-refractivity contribution in [3.63, 3.8) is 0 Å². The molecule has 2 N–H and O–H groups in total. The normalized spacial score (nSPS) is 11.5. The van der Waals surface area contributed by atoms with Crippen LogP contribution in [0.3, 0.4) is 0 Å². The Balaban J connectivity index is 2.33. The summed E-state index contributed by atoms with van der Waals surface area (Å²) in [5, 5.41) is 5.01. The zero-order valence-corrected chi connectivity index (χ0v) is 11.2. The van der Waals surface area contributed by atoms with Crippen LogP contribution >= 0.6 is 11.6 Å². The van der Waals surface area contributed by atoms with Gasteiger partial charge in [0.2, 0.25) is 10.0 Å². The first-order valence-corrected chi connectivity index (χ1v) is 7.11. The Morgan fingerprint density at radius 1 is 1.42 bits per heavy atom. The summed E-state index contributed by atoms with van der Waals surface area (Å²) in [6.07, 6.45) is 4.67. The van der Waals surface area contributed by atoms with Crippen molar-refractivity contribution in [3.8, 4) is 0 Å². The van der Waals surface area contributed by atoms with Gasteiger partial charge in [-0.1, -0.05) is 11.6 Å². The van der Waals surface area contributed by atoms with E-state index >= 15 is 0 Å². The van der Waals surface area contributed by atoms with Crippen LogP contribution in [0, 0.1) is 0 Å². The molecule has 1 aromatic carbocycles. The van der Waals surface area contributed by atoms with Crippen molar-refractivity contribution < 1.29 is 13.2 Å². The molecule has 0 aliphatic heterocycles. The Kier molecular flexibility index (Phi) is 3.70. The molecule has 100 valence electrons. The third-order valence-corrected chi connectivity index (χ3v) is 3.84. The quantitative estimate of drug-likeness (QED) is 0.854. The number of ketones is 1. The van der Waals surface area contributed by atoms with Gasteiger partial charge in [-0.3, -0.25) is 4.79 Å². The van der Waals surface area contributed by atoms with E-state index < -0.39 is 10.0 Å². The van der Waals surface area contributed by atoms with Crippen LogP contribution < -0.4 is 5.14 Å². The minimum atomic E-state index is -3.95. The number of Topliss-reactive ketones (excluding diaryl/α,β-unsaturated/α-hetero) is 1. The predicted molar refractivity (Wildman–Crippen MR) is 69.4 cm³/mol.